The van der Waals surface area contributed by atoms with Gasteiger partial charge >= 0.3 is 0 Å². The summed E-state index contributed by atoms with van der Waals surface area (Å²) in [5.74, 6) is -0.311. The molecule has 0 bridgehead atoms. The van der Waals surface area contributed by atoms with Gasteiger partial charge in [0.1, 0.15) is 5.82 Å². The zero-order valence-electron chi connectivity index (χ0n) is 10.5. The van der Waals surface area contributed by atoms with Crippen molar-refractivity contribution in [3.63, 3.8) is 0 Å². The lowest BCUT2D eigenvalue weighted by Gasteiger charge is -2.19. The molecule has 0 saturated carbocycles. The summed E-state index contributed by atoms with van der Waals surface area (Å²) in [6.07, 6.45) is 0.154. The first kappa shape index (κ1) is 14.4. The molecular weight excluding hydrogens is 241 g/mol. The number of hydrogen-bond donors (Lipinski definition) is 1. The first-order chi connectivity index (χ1) is 8.04. The number of nitrogens with one attached hydrogen (secondary N) is 1. The van der Waals surface area contributed by atoms with Crippen molar-refractivity contribution >= 4 is 11.6 Å². The molecule has 0 aromatic heterocycles. The third-order valence-electron chi connectivity index (χ3n) is 2.59. The van der Waals surface area contributed by atoms with Crippen LogP contribution in [0.1, 0.15) is 32.4 Å². The number of hydrogen-bond acceptors (Lipinski definition) is 2. The molecule has 1 aromatic carbocycles. The van der Waals surface area contributed by atoms with Gasteiger partial charge in [0, 0.05) is 24.2 Å². The lowest BCUT2D eigenvalue weighted by Crippen LogP contribution is -2.29. The van der Waals surface area contributed by atoms with Gasteiger partial charge in [-0.1, -0.05) is 17.7 Å². The summed E-state index contributed by atoms with van der Waals surface area (Å²) in [6.45, 7) is 7.42. The van der Waals surface area contributed by atoms with Gasteiger partial charge in [0.25, 0.3) is 0 Å². The minimum absolute atomic E-state index is 0.0750. The van der Waals surface area contributed by atoms with Crippen molar-refractivity contribution in [2.24, 2.45) is 0 Å². The van der Waals surface area contributed by atoms with Crippen molar-refractivity contribution in [3.05, 3.63) is 34.6 Å². The number of halogens is 2. The van der Waals surface area contributed by atoms with E-state index < -0.39 is 0 Å². The first-order valence-electron chi connectivity index (χ1n) is 5.84. The second-order valence-corrected chi connectivity index (χ2v) is 4.47. The molecule has 0 spiro atoms. The van der Waals surface area contributed by atoms with Gasteiger partial charge in [-0.05, 0) is 38.5 Å². The molecule has 0 heterocycles. The van der Waals surface area contributed by atoms with Crippen LogP contribution in [0.25, 0.3) is 0 Å². The van der Waals surface area contributed by atoms with Crippen molar-refractivity contribution in [1.82, 2.24) is 5.32 Å². The molecular formula is C13H19ClFNO. The van der Waals surface area contributed by atoms with Crippen molar-refractivity contribution in [3.8, 4) is 0 Å². The van der Waals surface area contributed by atoms with Gasteiger partial charge in [0.15, 0.2) is 0 Å². The Kier molecular flexibility index (Phi) is 5.89. The molecule has 1 rings (SSSR count). The van der Waals surface area contributed by atoms with E-state index in [2.05, 4.69) is 5.32 Å². The van der Waals surface area contributed by atoms with Crippen molar-refractivity contribution in [2.75, 3.05) is 13.2 Å². The maximum Gasteiger partial charge on any atom is 0.124 e. The van der Waals surface area contributed by atoms with Crippen LogP contribution >= 0.6 is 11.6 Å². The molecule has 2 atom stereocenters. The fourth-order valence-electron chi connectivity index (χ4n) is 1.65. The van der Waals surface area contributed by atoms with E-state index in [-0.39, 0.29) is 18.0 Å². The molecule has 2 unspecified atom stereocenters. The molecule has 0 fully saturated rings. The van der Waals surface area contributed by atoms with Crippen LogP contribution in [-0.2, 0) is 4.74 Å². The molecule has 4 heteroatoms. The van der Waals surface area contributed by atoms with Gasteiger partial charge in [0.2, 0.25) is 0 Å². The summed E-state index contributed by atoms with van der Waals surface area (Å²) in [5.41, 5.74) is 0.900. The van der Waals surface area contributed by atoms with Crippen LogP contribution in [0.15, 0.2) is 18.2 Å². The van der Waals surface area contributed by atoms with Crippen LogP contribution in [0, 0.1) is 5.82 Å². The molecule has 96 valence electrons. The highest BCUT2D eigenvalue weighted by Gasteiger charge is 2.11. The van der Waals surface area contributed by atoms with Crippen LogP contribution in [0.2, 0.25) is 5.02 Å². The van der Waals surface area contributed by atoms with E-state index in [0.29, 0.717) is 11.6 Å². The van der Waals surface area contributed by atoms with Crippen molar-refractivity contribution in [1.29, 1.82) is 0 Å². The molecule has 0 radical (unpaired) electrons. The van der Waals surface area contributed by atoms with Crippen molar-refractivity contribution in [2.45, 2.75) is 32.9 Å². The van der Waals surface area contributed by atoms with Crippen LogP contribution in [0.4, 0.5) is 4.39 Å². The van der Waals surface area contributed by atoms with Gasteiger partial charge in [-0.3, -0.25) is 0 Å². The van der Waals surface area contributed by atoms with E-state index in [4.69, 9.17) is 16.3 Å². The van der Waals surface area contributed by atoms with Crippen molar-refractivity contribution < 1.29 is 9.13 Å². The van der Waals surface area contributed by atoms with E-state index in [1.165, 1.54) is 12.1 Å². The third kappa shape index (κ3) is 4.62. The summed E-state index contributed by atoms with van der Waals surface area (Å²) in [4.78, 5) is 0. The van der Waals surface area contributed by atoms with Gasteiger partial charge in [-0.25, -0.2) is 4.39 Å². The lowest BCUT2D eigenvalue weighted by atomic mass is 10.1. The van der Waals surface area contributed by atoms with Crippen LogP contribution < -0.4 is 5.32 Å². The van der Waals surface area contributed by atoms with Crippen LogP contribution in [-0.4, -0.2) is 19.3 Å². The smallest absolute Gasteiger partial charge is 0.124 e. The van der Waals surface area contributed by atoms with E-state index in [0.717, 1.165) is 12.1 Å². The molecule has 0 aliphatic heterocycles. The highest BCUT2D eigenvalue weighted by atomic mass is 35.5. The average molecular weight is 260 g/mol. The summed E-state index contributed by atoms with van der Waals surface area (Å²) in [6, 6.07) is 4.54. The van der Waals surface area contributed by atoms with E-state index in [1.54, 1.807) is 6.07 Å². The normalized spacial score (nSPS) is 14.6. The highest BCUT2D eigenvalue weighted by Crippen LogP contribution is 2.23. The van der Waals surface area contributed by atoms with Crippen LogP contribution in [0.3, 0.4) is 0 Å². The Morgan fingerprint density at radius 1 is 1.41 bits per heavy atom. The molecule has 17 heavy (non-hydrogen) atoms. The molecule has 0 aliphatic carbocycles. The summed E-state index contributed by atoms with van der Waals surface area (Å²) in [5, 5.41) is 3.76. The Morgan fingerprint density at radius 2 is 2.12 bits per heavy atom. The maximum absolute atomic E-state index is 12.9. The Labute approximate surface area is 107 Å². The predicted molar refractivity (Wildman–Crippen MR) is 68.9 cm³/mol. The molecule has 0 saturated heterocycles. The highest BCUT2D eigenvalue weighted by molar-refractivity contribution is 6.31. The summed E-state index contributed by atoms with van der Waals surface area (Å²) < 4.78 is 18.3. The average Bonchev–Trinajstić information content (AvgIpc) is 2.26. The number of benzene rings is 1. The zero-order chi connectivity index (χ0) is 12.8. The van der Waals surface area contributed by atoms with E-state index >= 15 is 0 Å². The topological polar surface area (TPSA) is 21.3 Å². The summed E-state index contributed by atoms with van der Waals surface area (Å²) in [7, 11) is 0. The molecule has 0 aliphatic rings. The van der Waals surface area contributed by atoms with E-state index in [1.807, 2.05) is 20.8 Å². The third-order valence-corrected chi connectivity index (χ3v) is 2.92. The molecule has 0 amide bonds. The number of ether oxygens (including phenoxy) is 1. The Bertz CT molecular complexity index is 359. The minimum Gasteiger partial charge on any atom is -0.377 e. The number of rotatable bonds is 6. The second kappa shape index (κ2) is 6.94. The SMILES string of the molecule is CCOC(C)CNC(C)c1ccc(F)cc1Cl. The summed E-state index contributed by atoms with van der Waals surface area (Å²) >= 11 is 5.99. The first-order valence-corrected chi connectivity index (χ1v) is 6.22. The fraction of sp³-hybridized carbons (Fsp3) is 0.538. The van der Waals surface area contributed by atoms with Crippen LogP contribution in [0.5, 0.6) is 0 Å². The van der Waals surface area contributed by atoms with Gasteiger partial charge < -0.3 is 10.1 Å². The fourth-order valence-corrected chi connectivity index (χ4v) is 1.98. The standard InChI is InChI=1S/C13H19ClFNO/c1-4-17-9(2)8-16-10(3)12-6-5-11(15)7-13(12)14/h5-7,9-10,16H,4,8H2,1-3H3. The zero-order valence-corrected chi connectivity index (χ0v) is 11.2. The minimum atomic E-state index is -0.311. The maximum atomic E-state index is 12.9. The predicted octanol–water partition coefficient (Wildman–Crippen LogP) is 3.55. The monoisotopic (exact) mass is 259 g/mol. The lowest BCUT2D eigenvalue weighted by molar-refractivity contribution is 0.0743. The molecule has 1 aromatic rings. The van der Waals surface area contributed by atoms with Gasteiger partial charge in [0.05, 0.1) is 6.10 Å². The quantitative estimate of drug-likeness (QED) is 0.844. The Morgan fingerprint density at radius 3 is 2.71 bits per heavy atom. The van der Waals surface area contributed by atoms with Gasteiger partial charge in [-0.2, -0.15) is 0 Å². The largest absolute Gasteiger partial charge is 0.377 e. The molecule has 1 N–H and O–H groups in total. The van der Waals surface area contributed by atoms with E-state index in [9.17, 15) is 4.39 Å². The van der Waals surface area contributed by atoms with Gasteiger partial charge in [-0.15, -0.1) is 0 Å². The Balaban J connectivity index is 2.54. The Hall–Kier alpha value is -0.640. The second-order valence-electron chi connectivity index (χ2n) is 4.06. The molecule has 2 nitrogen and oxygen atoms in total.